The molecule has 14 heteroatoms. The predicted octanol–water partition coefficient (Wildman–Crippen LogP) is 5.78. The molecule has 42 heavy (non-hydrogen) atoms. The second-order valence-electron chi connectivity index (χ2n) is 11.6. The monoisotopic (exact) mass is 613 g/mol. The van der Waals surface area contributed by atoms with Gasteiger partial charge < -0.3 is 9.74 Å². The number of hydrazine groups is 1. The van der Waals surface area contributed by atoms with Crippen molar-refractivity contribution in [3.8, 4) is 11.1 Å². The highest BCUT2D eigenvalue weighted by Crippen LogP contribution is 2.36. The van der Waals surface area contributed by atoms with Gasteiger partial charge in [-0.25, -0.2) is 9.97 Å². The summed E-state index contributed by atoms with van der Waals surface area (Å²) in [5.74, 6) is -0.174. The van der Waals surface area contributed by atoms with Crippen LogP contribution in [0.1, 0.15) is 27.2 Å². The molecule has 0 spiro atoms. The van der Waals surface area contributed by atoms with Crippen LogP contribution < -0.4 is 16.2 Å². The van der Waals surface area contributed by atoms with Crippen molar-refractivity contribution in [1.29, 1.82) is 0 Å². The summed E-state index contributed by atoms with van der Waals surface area (Å²) in [6.07, 6.45) is 7.08. The number of aromatic nitrogens is 6. The van der Waals surface area contributed by atoms with Gasteiger partial charge in [0.05, 0.1) is 23.7 Å². The zero-order chi connectivity index (χ0) is 30.5. The van der Waals surface area contributed by atoms with Crippen molar-refractivity contribution < 1.29 is 13.6 Å². The Morgan fingerprint density at radius 2 is 1.90 bits per heavy atom. The Labute approximate surface area is 251 Å². The van der Waals surface area contributed by atoms with Gasteiger partial charge in [-0.3, -0.25) is 25.0 Å². The molecule has 3 N–H and O–H groups in total. The van der Waals surface area contributed by atoms with Gasteiger partial charge in [0.25, 0.3) is 0 Å². The van der Waals surface area contributed by atoms with E-state index >= 15 is 0 Å². The summed E-state index contributed by atoms with van der Waals surface area (Å²) >= 11 is 6.04. The minimum Gasteiger partial charge on any atom is -0.417 e. The SMILES string of the molecule is Cn1ccc(Nc2cc(-c3cc(F)nc(NNC(=O)C(CCO[Si](C)(C)C(C)(C)C)Cn4cc(Cl)cn4)c3)ccn2)n1. The van der Waals surface area contributed by atoms with Crippen molar-refractivity contribution >= 4 is 43.3 Å². The molecule has 4 aromatic rings. The molecule has 11 nitrogen and oxygen atoms in total. The lowest BCUT2D eigenvalue weighted by Gasteiger charge is -2.36. The van der Waals surface area contributed by atoms with Crippen LogP contribution in [0.25, 0.3) is 11.1 Å². The lowest BCUT2D eigenvalue weighted by atomic mass is 10.1. The van der Waals surface area contributed by atoms with Crippen LogP contribution in [0.15, 0.2) is 55.1 Å². The molecule has 0 saturated carbocycles. The number of pyridine rings is 2. The Balaban J connectivity index is 1.44. The van der Waals surface area contributed by atoms with E-state index in [4.69, 9.17) is 16.0 Å². The molecular formula is C28H37ClFN9O2Si. The minimum absolute atomic E-state index is 0.0483. The first-order valence-electron chi connectivity index (χ1n) is 13.6. The summed E-state index contributed by atoms with van der Waals surface area (Å²) in [4.78, 5) is 21.5. The second kappa shape index (κ2) is 13.0. The lowest BCUT2D eigenvalue weighted by molar-refractivity contribution is -0.125. The molecule has 4 aromatic heterocycles. The molecule has 1 amide bonds. The summed E-state index contributed by atoms with van der Waals surface area (Å²) in [7, 11) is -0.172. The number of hydrogen-bond acceptors (Lipinski definition) is 8. The topological polar surface area (TPSA) is 124 Å². The summed E-state index contributed by atoms with van der Waals surface area (Å²) in [6.45, 7) is 11.6. The average Bonchev–Trinajstić information content (AvgIpc) is 3.52. The first-order chi connectivity index (χ1) is 19.8. The molecular weight excluding hydrogens is 577 g/mol. The van der Waals surface area contributed by atoms with Gasteiger partial charge >= 0.3 is 0 Å². The molecule has 0 fully saturated rings. The number of halogens is 2. The van der Waals surface area contributed by atoms with E-state index in [0.717, 1.165) is 0 Å². The van der Waals surface area contributed by atoms with Crippen LogP contribution >= 0.6 is 11.6 Å². The summed E-state index contributed by atoms with van der Waals surface area (Å²) in [5, 5.41) is 12.2. The third-order valence-electron chi connectivity index (χ3n) is 7.29. The molecule has 0 bridgehead atoms. The largest absolute Gasteiger partial charge is 0.417 e. The fourth-order valence-corrected chi connectivity index (χ4v) is 5.11. The molecule has 224 valence electrons. The maximum absolute atomic E-state index is 14.6. The van der Waals surface area contributed by atoms with Crippen LogP contribution in [-0.4, -0.2) is 50.4 Å². The fourth-order valence-electron chi connectivity index (χ4n) is 3.89. The van der Waals surface area contributed by atoms with E-state index in [0.29, 0.717) is 47.4 Å². The standard InChI is InChI=1S/C28H37ClFN9O2Si/c1-28(2,3)42(5,6)41-12-9-20(17-39-18-22(29)16-32-39)27(40)36-35-26-15-21(13-23(30)33-26)19-7-10-31-25(14-19)34-24-8-11-38(4)37-24/h7-8,10-11,13-16,18,20H,9,12,17H2,1-6H3,(H,33,35)(H,36,40)(H,31,34,37). The number of carbonyl (C=O) groups excluding carboxylic acids is 1. The molecule has 0 saturated heterocycles. The quantitative estimate of drug-likeness (QED) is 0.104. The van der Waals surface area contributed by atoms with E-state index in [1.165, 1.54) is 12.3 Å². The lowest BCUT2D eigenvalue weighted by Crippen LogP contribution is -2.42. The molecule has 1 unspecified atom stereocenters. The number of carbonyl (C=O) groups is 1. The van der Waals surface area contributed by atoms with E-state index in [9.17, 15) is 9.18 Å². The second-order valence-corrected chi connectivity index (χ2v) is 16.8. The number of aryl methyl sites for hydroxylation is 1. The number of nitrogens with one attached hydrogen (secondary N) is 3. The molecule has 0 aliphatic rings. The molecule has 0 aliphatic heterocycles. The van der Waals surface area contributed by atoms with E-state index < -0.39 is 20.2 Å². The van der Waals surface area contributed by atoms with Gasteiger partial charge in [-0.1, -0.05) is 32.4 Å². The maximum Gasteiger partial charge on any atom is 0.243 e. The van der Waals surface area contributed by atoms with Crippen LogP contribution in [-0.2, 0) is 22.8 Å². The number of amides is 1. The molecule has 4 heterocycles. The van der Waals surface area contributed by atoms with Crippen molar-refractivity contribution in [3.05, 3.63) is 66.1 Å². The first-order valence-corrected chi connectivity index (χ1v) is 16.9. The summed E-state index contributed by atoms with van der Waals surface area (Å²) in [6, 6.07) is 8.31. The van der Waals surface area contributed by atoms with Crippen LogP contribution in [0.4, 0.5) is 21.8 Å². The van der Waals surface area contributed by atoms with Crippen molar-refractivity contribution in [2.24, 2.45) is 13.0 Å². The van der Waals surface area contributed by atoms with Gasteiger partial charge in [-0.05, 0) is 53.9 Å². The first kappa shape index (κ1) is 31.1. The Morgan fingerprint density at radius 3 is 2.57 bits per heavy atom. The molecule has 0 aromatic carbocycles. The average molecular weight is 614 g/mol. The van der Waals surface area contributed by atoms with Crippen molar-refractivity contribution in [2.45, 2.75) is 51.9 Å². The van der Waals surface area contributed by atoms with Crippen molar-refractivity contribution in [3.63, 3.8) is 0 Å². The zero-order valence-corrected chi connectivity index (χ0v) is 26.4. The van der Waals surface area contributed by atoms with Crippen molar-refractivity contribution in [1.82, 2.24) is 35.0 Å². The Kier molecular flexibility index (Phi) is 9.64. The van der Waals surface area contributed by atoms with Crippen molar-refractivity contribution in [2.75, 3.05) is 17.3 Å². The number of nitrogens with zero attached hydrogens (tertiary/aromatic N) is 6. The van der Waals surface area contributed by atoms with Crippen LogP contribution in [0.5, 0.6) is 0 Å². The van der Waals surface area contributed by atoms with Gasteiger partial charge in [-0.2, -0.15) is 14.6 Å². The zero-order valence-electron chi connectivity index (χ0n) is 24.7. The maximum atomic E-state index is 14.6. The number of anilines is 3. The van der Waals surface area contributed by atoms with E-state index in [-0.39, 0.29) is 16.8 Å². The molecule has 4 rings (SSSR count). The number of hydrogen-bond donors (Lipinski definition) is 3. The third kappa shape index (κ3) is 8.36. The van der Waals surface area contributed by atoms with Gasteiger partial charge in [0.2, 0.25) is 11.9 Å². The van der Waals surface area contributed by atoms with Gasteiger partial charge in [0.1, 0.15) is 11.6 Å². The summed E-state index contributed by atoms with van der Waals surface area (Å²) in [5.41, 5.74) is 6.71. The van der Waals surface area contributed by atoms with Gasteiger partial charge in [0, 0.05) is 44.4 Å². The van der Waals surface area contributed by atoms with Crippen LogP contribution in [0, 0.1) is 11.9 Å². The Morgan fingerprint density at radius 1 is 1.14 bits per heavy atom. The molecule has 0 radical (unpaired) electrons. The van der Waals surface area contributed by atoms with Gasteiger partial charge in [0.15, 0.2) is 14.1 Å². The molecule has 1 atom stereocenters. The highest BCUT2D eigenvalue weighted by atomic mass is 35.5. The predicted molar refractivity (Wildman–Crippen MR) is 164 cm³/mol. The number of rotatable bonds is 12. The van der Waals surface area contributed by atoms with E-state index in [2.05, 4.69) is 70.2 Å². The fraction of sp³-hybridized carbons (Fsp3) is 0.393. The Hall–Kier alpha value is -3.81. The smallest absolute Gasteiger partial charge is 0.243 e. The normalized spacial score (nSPS) is 12.7. The highest BCUT2D eigenvalue weighted by Gasteiger charge is 2.37. The van der Waals surface area contributed by atoms with Gasteiger partial charge in [-0.15, -0.1) is 0 Å². The van der Waals surface area contributed by atoms with E-state index in [1.54, 1.807) is 40.0 Å². The minimum atomic E-state index is -1.99. The van der Waals surface area contributed by atoms with Crippen LogP contribution in [0.3, 0.4) is 0 Å². The third-order valence-corrected chi connectivity index (χ3v) is 12.0. The summed E-state index contributed by atoms with van der Waals surface area (Å²) < 4.78 is 24.2. The van der Waals surface area contributed by atoms with Crippen LogP contribution in [0.2, 0.25) is 23.2 Å². The molecule has 0 aliphatic carbocycles. The van der Waals surface area contributed by atoms with E-state index in [1.807, 2.05) is 19.3 Å². The Bertz CT molecular complexity index is 1520. The highest BCUT2D eigenvalue weighted by molar-refractivity contribution is 6.74.